The Bertz CT molecular complexity index is 897. The van der Waals surface area contributed by atoms with Gasteiger partial charge in [-0.2, -0.15) is 22.0 Å². The second-order valence-corrected chi connectivity index (χ2v) is 8.93. The van der Waals surface area contributed by atoms with E-state index in [9.17, 15) is 30.4 Å². The predicted molar refractivity (Wildman–Crippen MR) is 90.2 cm³/mol. The van der Waals surface area contributed by atoms with Gasteiger partial charge >= 0.3 is 12.1 Å². The molecule has 0 saturated heterocycles. The van der Waals surface area contributed by atoms with E-state index in [2.05, 4.69) is 0 Å². The molecule has 0 amide bonds. The lowest BCUT2D eigenvalue weighted by atomic mass is 9.94. The van der Waals surface area contributed by atoms with Crippen molar-refractivity contribution in [2.24, 2.45) is 0 Å². The molecule has 1 fully saturated rings. The second-order valence-electron chi connectivity index (χ2n) is 6.67. The Balaban J connectivity index is 2.07. The quantitative estimate of drug-likeness (QED) is 0.623. The number of halogens is 5. The molecule has 27 heavy (non-hydrogen) atoms. The average molecular weight is 404 g/mol. The number of alkyl halides is 5. The zero-order valence-corrected chi connectivity index (χ0v) is 15.0. The van der Waals surface area contributed by atoms with Gasteiger partial charge in [0.05, 0.1) is 4.90 Å². The van der Waals surface area contributed by atoms with Crippen molar-refractivity contribution >= 4 is 9.84 Å². The summed E-state index contributed by atoms with van der Waals surface area (Å²) in [6.45, 7) is 0. The van der Waals surface area contributed by atoms with Crippen LogP contribution in [0.2, 0.25) is 0 Å². The Labute approximate surface area is 153 Å². The number of hydrogen-bond donors (Lipinski definition) is 0. The van der Waals surface area contributed by atoms with E-state index in [-0.39, 0.29) is 10.5 Å². The Morgan fingerprint density at radius 3 is 1.78 bits per heavy atom. The van der Waals surface area contributed by atoms with E-state index >= 15 is 0 Å². The molecule has 2 nitrogen and oxygen atoms in total. The van der Waals surface area contributed by atoms with E-state index in [1.54, 1.807) is 18.2 Å². The van der Waals surface area contributed by atoms with Crippen LogP contribution >= 0.6 is 0 Å². The van der Waals surface area contributed by atoms with E-state index < -0.39 is 32.2 Å². The molecule has 1 aliphatic carbocycles. The van der Waals surface area contributed by atoms with Crippen LogP contribution < -0.4 is 0 Å². The molecule has 0 bridgehead atoms. The first-order chi connectivity index (χ1) is 12.5. The summed E-state index contributed by atoms with van der Waals surface area (Å²) in [4.78, 5) is 0.108. The molecule has 0 spiro atoms. The van der Waals surface area contributed by atoms with Crippen molar-refractivity contribution in [3.63, 3.8) is 0 Å². The molecule has 0 aliphatic heterocycles. The molecule has 0 N–H and O–H groups in total. The third-order valence-corrected chi connectivity index (χ3v) is 7.67. The van der Waals surface area contributed by atoms with Gasteiger partial charge in [0, 0.05) is 5.56 Å². The van der Waals surface area contributed by atoms with Gasteiger partial charge in [-0.3, -0.25) is 0 Å². The summed E-state index contributed by atoms with van der Waals surface area (Å²) in [5, 5.41) is 0. The molecular formula is C19H17F5O2S. The van der Waals surface area contributed by atoms with Crippen LogP contribution in [-0.4, -0.2) is 14.6 Å². The third kappa shape index (κ3) is 3.13. The van der Waals surface area contributed by atoms with Gasteiger partial charge in [-0.25, -0.2) is 8.42 Å². The van der Waals surface area contributed by atoms with Crippen molar-refractivity contribution in [2.75, 3.05) is 0 Å². The second kappa shape index (κ2) is 6.58. The van der Waals surface area contributed by atoms with Crippen LogP contribution in [0.3, 0.4) is 0 Å². The van der Waals surface area contributed by atoms with Crippen molar-refractivity contribution in [1.29, 1.82) is 0 Å². The first-order valence-electron chi connectivity index (χ1n) is 8.38. The zero-order valence-electron chi connectivity index (χ0n) is 14.1. The van der Waals surface area contributed by atoms with Crippen LogP contribution in [0.1, 0.15) is 36.8 Å². The summed E-state index contributed by atoms with van der Waals surface area (Å²) < 4.78 is 89.9. The average Bonchev–Trinajstić information content (AvgIpc) is 3.13. The van der Waals surface area contributed by atoms with Gasteiger partial charge < -0.3 is 0 Å². The largest absolute Gasteiger partial charge is 0.458 e. The highest BCUT2D eigenvalue weighted by molar-refractivity contribution is 7.92. The summed E-state index contributed by atoms with van der Waals surface area (Å²) >= 11 is 0. The van der Waals surface area contributed by atoms with Crippen LogP contribution in [0, 0.1) is 0 Å². The summed E-state index contributed by atoms with van der Waals surface area (Å²) in [6.07, 6.45) is -3.87. The molecule has 0 aromatic heterocycles. The summed E-state index contributed by atoms with van der Waals surface area (Å²) in [7, 11) is -3.84. The minimum atomic E-state index is -5.71. The van der Waals surface area contributed by atoms with Crippen LogP contribution in [0.5, 0.6) is 0 Å². The highest BCUT2D eigenvalue weighted by Crippen LogP contribution is 2.49. The third-order valence-electron chi connectivity index (χ3n) is 5.11. The highest BCUT2D eigenvalue weighted by Gasteiger charge is 2.58. The molecule has 0 atom stereocenters. The van der Waals surface area contributed by atoms with E-state index in [0.29, 0.717) is 37.8 Å². The fourth-order valence-electron chi connectivity index (χ4n) is 3.63. The van der Waals surface area contributed by atoms with Gasteiger partial charge in [0.1, 0.15) is 4.75 Å². The lowest BCUT2D eigenvalue weighted by molar-refractivity contribution is -0.289. The normalized spacial score (nSPS) is 17.8. The Morgan fingerprint density at radius 2 is 1.30 bits per heavy atom. The van der Waals surface area contributed by atoms with Gasteiger partial charge in [0.2, 0.25) is 0 Å². The van der Waals surface area contributed by atoms with Crippen molar-refractivity contribution < 1.29 is 30.4 Å². The monoisotopic (exact) mass is 404 g/mol. The van der Waals surface area contributed by atoms with Crippen molar-refractivity contribution in [3.8, 4) is 0 Å². The highest BCUT2D eigenvalue weighted by atomic mass is 32.2. The Hall–Kier alpha value is -1.96. The minimum Gasteiger partial charge on any atom is -0.223 e. The summed E-state index contributed by atoms with van der Waals surface area (Å²) in [6, 6.07) is 11.3. The molecule has 2 aromatic carbocycles. The van der Waals surface area contributed by atoms with Crippen molar-refractivity contribution in [3.05, 3.63) is 65.7 Å². The topological polar surface area (TPSA) is 34.1 Å². The molecule has 0 radical (unpaired) electrons. The maximum atomic E-state index is 13.5. The number of rotatable bonds is 4. The van der Waals surface area contributed by atoms with E-state index in [4.69, 9.17) is 0 Å². The van der Waals surface area contributed by atoms with Gasteiger partial charge in [-0.1, -0.05) is 55.3 Å². The van der Waals surface area contributed by atoms with Crippen LogP contribution in [0.15, 0.2) is 59.5 Å². The molecule has 1 saturated carbocycles. The first-order valence-corrected chi connectivity index (χ1v) is 9.86. The zero-order chi connectivity index (χ0) is 19.9. The van der Waals surface area contributed by atoms with Crippen LogP contribution in [-0.2, 0) is 20.5 Å². The van der Waals surface area contributed by atoms with Crippen LogP contribution in [0.4, 0.5) is 22.0 Å². The fraction of sp³-hybridized carbons (Fsp3) is 0.368. The van der Waals surface area contributed by atoms with Gasteiger partial charge in [-0.05, 0) is 30.5 Å². The summed E-state index contributed by atoms with van der Waals surface area (Å²) in [5.41, 5.74) is -0.963. The number of benzene rings is 2. The van der Waals surface area contributed by atoms with Gasteiger partial charge in [0.25, 0.3) is 0 Å². The molecule has 0 heterocycles. The first kappa shape index (κ1) is 19.8. The van der Waals surface area contributed by atoms with Gasteiger partial charge in [-0.15, -0.1) is 0 Å². The van der Waals surface area contributed by atoms with Gasteiger partial charge in [0.15, 0.2) is 9.84 Å². The van der Waals surface area contributed by atoms with E-state index in [0.717, 1.165) is 12.1 Å². The van der Waals surface area contributed by atoms with Crippen molar-refractivity contribution in [1.82, 2.24) is 0 Å². The molecule has 146 valence electrons. The molecule has 2 aromatic rings. The molecule has 1 aliphatic rings. The summed E-state index contributed by atoms with van der Waals surface area (Å²) in [5.74, 6) is -4.99. The lowest BCUT2D eigenvalue weighted by Crippen LogP contribution is -2.35. The standard InChI is InChI=1S/C19H17F5O2S/c20-18(21,19(22,23)24)15-10-8-14(9-11-15)17(12-4-5-13-17)27(25,26)16-6-2-1-3-7-16/h1-3,6-11H,4-5,12-13H2. The Morgan fingerprint density at radius 1 is 0.778 bits per heavy atom. The van der Waals surface area contributed by atoms with E-state index in [1.165, 1.54) is 12.1 Å². The fourth-order valence-corrected chi connectivity index (χ4v) is 5.87. The SMILES string of the molecule is O=S(=O)(c1ccccc1)C1(c2ccc(C(F)(F)C(F)(F)F)cc2)CCCC1. The van der Waals surface area contributed by atoms with E-state index in [1.807, 2.05) is 0 Å². The Kier molecular flexibility index (Phi) is 4.82. The van der Waals surface area contributed by atoms with Crippen LogP contribution in [0.25, 0.3) is 0 Å². The van der Waals surface area contributed by atoms with Crippen molar-refractivity contribution in [2.45, 2.75) is 47.4 Å². The molecule has 8 heteroatoms. The lowest BCUT2D eigenvalue weighted by Gasteiger charge is -2.30. The molecule has 0 unspecified atom stereocenters. The minimum absolute atomic E-state index is 0.108. The predicted octanol–water partition coefficient (Wildman–Crippen LogP) is 5.58. The molecular weight excluding hydrogens is 387 g/mol. The number of hydrogen-bond acceptors (Lipinski definition) is 2. The smallest absolute Gasteiger partial charge is 0.223 e. The number of sulfone groups is 1. The maximum absolute atomic E-state index is 13.5. The maximum Gasteiger partial charge on any atom is 0.458 e. The molecule has 3 rings (SSSR count).